The van der Waals surface area contributed by atoms with E-state index < -0.39 is 0 Å². The highest BCUT2D eigenvalue weighted by atomic mass is 32.1. The van der Waals surface area contributed by atoms with Crippen molar-refractivity contribution in [3.63, 3.8) is 0 Å². The maximum atomic E-state index is 6.40. The van der Waals surface area contributed by atoms with Gasteiger partial charge in [-0.15, -0.1) is 22.7 Å². The molecule has 0 atom stereocenters. The van der Waals surface area contributed by atoms with Gasteiger partial charge in [0, 0.05) is 47.6 Å². The summed E-state index contributed by atoms with van der Waals surface area (Å²) in [5, 5.41) is 2.55. The number of hydrogen-bond donors (Lipinski definition) is 0. The van der Waals surface area contributed by atoms with Gasteiger partial charge in [-0.1, -0.05) is 99.6 Å². The summed E-state index contributed by atoms with van der Waals surface area (Å²) in [6, 6.07) is 56.6. The highest BCUT2D eigenvalue weighted by Gasteiger charge is 2.45. The average Bonchev–Trinajstić information content (AvgIpc) is 4.02. The van der Waals surface area contributed by atoms with Crippen molar-refractivity contribution in [1.29, 1.82) is 0 Å². The normalized spacial score (nSPS) is 13.9. The van der Waals surface area contributed by atoms with Crippen LogP contribution in [0.15, 0.2) is 152 Å². The number of anilines is 6. The van der Waals surface area contributed by atoms with Crippen molar-refractivity contribution in [2.75, 3.05) is 16.6 Å². The Morgan fingerprint density at radius 1 is 0.559 bits per heavy atom. The van der Waals surface area contributed by atoms with Gasteiger partial charge in [0.2, 0.25) is 6.79 Å². The van der Waals surface area contributed by atoms with Crippen LogP contribution in [0.4, 0.5) is 34.1 Å². The number of aryl methyl sites for hydroxylation is 1. The molecule has 0 amide bonds. The molecular weight excluding hydrogens is 760 g/mol. The molecule has 2 aromatic heterocycles. The van der Waals surface area contributed by atoms with Crippen LogP contribution in [0, 0.1) is 6.92 Å². The third-order valence-electron chi connectivity index (χ3n) is 12.2. The Labute approximate surface area is 352 Å². The molecular formula is C52H39BN2O2S2. The summed E-state index contributed by atoms with van der Waals surface area (Å²) in [5.41, 5.74) is 15.6. The average molecular weight is 799 g/mol. The van der Waals surface area contributed by atoms with E-state index in [1.807, 2.05) is 22.7 Å². The van der Waals surface area contributed by atoms with Gasteiger partial charge in [0.25, 0.3) is 6.71 Å². The Balaban J connectivity index is 1.12. The minimum Gasteiger partial charge on any atom is -0.454 e. The molecule has 9 aromatic rings. The summed E-state index contributed by atoms with van der Waals surface area (Å²) in [6.45, 7) is 9.21. The second-order valence-corrected chi connectivity index (χ2v) is 19.1. The van der Waals surface area contributed by atoms with Crippen LogP contribution in [0.5, 0.6) is 11.5 Å². The lowest BCUT2D eigenvalue weighted by Gasteiger charge is -2.44. The van der Waals surface area contributed by atoms with E-state index in [1.165, 1.54) is 79.9 Å². The SMILES string of the molecule is Cc1cc2c3c(c1)N(c1ccc(C(C)(C)C)cc1)c1c(ccc4c1OCO4)B3c1ccc(-c3cc4ccccc4s3)cc1N2c1cccc(-c2cc3ccccc3s2)c1. The van der Waals surface area contributed by atoms with Crippen molar-refractivity contribution in [2.24, 2.45) is 0 Å². The molecule has 7 aromatic carbocycles. The number of ether oxygens (including phenoxy) is 2. The van der Waals surface area contributed by atoms with Gasteiger partial charge in [-0.05, 0) is 135 Å². The van der Waals surface area contributed by atoms with Crippen LogP contribution < -0.4 is 35.7 Å². The van der Waals surface area contributed by atoms with Crippen molar-refractivity contribution in [2.45, 2.75) is 33.1 Å². The standard InChI is InChI=1S/C52H39BN2O2S2/c1-31-24-42-49-43(25-31)55(37-19-17-36(18-20-37)52(2,3)4)50-40(22-23-44-51(50)57-30-56-44)53(49)39-21-16-35(48-29-34-11-6-8-15-46(34)59-48)27-41(39)54(42)38-13-9-12-32(26-38)47-28-33-10-5-7-14-45(33)58-47/h5-29H,30H2,1-4H3. The van der Waals surface area contributed by atoms with Gasteiger partial charge in [0.05, 0.1) is 5.69 Å². The number of thiophene rings is 2. The second kappa shape index (κ2) is 12.9. The van der Waals surface area contributed by atoms with Crippen LogP contribution in [0.1, 0.15) is 31.9 Å². The minimum absolute atomic E-state index is 0.0351. The Kier molecular flexibility index (Phi) is 7.57. The van der Waals surface area contributed by atoms with Crippen LogP contribution in [-0.4, -0.2) is 13.5 Å². The van der Waals surface area contributed by atoms with Gasteiger partial charge >= 0.3 is 0 Å². The highest BCUT2D eigenvalue weighted by Crippen LogP contribution is 2.51. The van der Waals surface area contributed by atoms with E-state index in [0.717, 1.165) is 34.2 Å². The van der Waals surface area contributed by atoms with Crippen molar-refractivity contribution >= 4 is 100 Å². The number of hydrogen-bond acceptors (Lipinski definition) is 6. The monoisotopic (exact) mass is 798 g/mol. The maximum absolute atomic E-state index is 6.40. The molecule has 0 saturated heterocycles. The number of rotatable bonds is 4. The van der Waals surface area contributed by atoms with Gasteiger partial charge in [-0.2, -0.15) is 0 Å². The summed E-state index contributed by atoms with van der Waals surface area (Å²) in [4.78, 5) is 7.49. The lowest BCUT2D eigenvalue weighted by molar-refractivity contribution is 0.174. The Hall–Kier alpha value is -6.28. The van der Waals surface area contributed by atoms with Crippen LogP contribution in [-0.2, 0) is 5.41 Å². The van der Waals surface area contributed by atoms with Crippen molar-refractivity contribution in [1.82, 2.24) is 0 Å². The smallest absolute Gasteiger partial charge is 0.252 e. The minimum atomic E-state index is -0.0383. The number of nitrogens with zero attached hydrogens (tertiary/aromatic N) is 2. The molecule has 3 aliphatic rings. The first kappa shape index (κ1) is 34.7. The molecule has 5 heterocycles. The molecule has 12 rings (SSSR count). The summed E-state index contributed by atoms with van der Waals surface area (Å²) < 4.78 is 15.1. The fraction of sp³-hybridized carbons (Fsp3) is 0.115. The Bertz CT molecular complexity index is 3110. The maximum Gasteiger partial charge on any atom is 0.252 e. The van der Waals surface area contributed by atoms with Gasteiger partial charge in [0.1, 0.15) is 0 Å². The van der Waals surface area contributed by atoms with Crippen LogP contribution in [0.3, 0.4) is 0 Å². The fourth-order valence-corrected chi connectivity index (χ4v) is 11.5. The molecule has 0 N–H and O–H groups in total. The molecule has 0 fully saturated rings. The molecule has 0 aliphatic carbocycles. The molecule has 7 heteroatoms. The van der Waals surface area contributed by atoms with Gasteiger partial charge < -0.3 is 19.3 Å². The second-order valence-electron chi connectivity index (χ2n) is 17.0. The van der Waals surface area contributed by atoms with Gasteiger partial charge in [-0.3, -0.25) is 0 Å². The first-order chi connectivity index (χ1) is 28.8. The van der Waals surface area contributed by atoms with E-state index in [4.69, 9.17) is 9.47 Å². The number of benzene rings is 7. The summed E-state index contributed by atoms with van der Waals surface area (Å²) >= 11 is 3.71. The highest BCUT2D eigenvalue weighted by molar-refractivity contribution is 7.22. The van der Waals surface area contributed by atoms with Gasteiger partial charge in [0.15, 0.2) is 11.5 Å². The molecule has 0 saturated carbocycles. The molecule has 0 radical (unpaired) electrons. The van der Waals surface area contributed by atoms with Crippen LogP contribution in [0.2, 0.25) is 0 Å². The lowest BCUT2D eigenvalue weighted by Crippen LogP contribution is -2.61. The molecule has 284 valence electrons. The van der Waals surface area contributed by atoms with E-state index in [9.17, 15) is 0 Å². The Morgan fingerprint density at radius 3 is 1.92 bits per heavy atom. The summed E-state index contributed by atoms with van der Waals surface area (Å²) in [7, 11) is 0. The predicted octanol–water partition coefficient (Wildman–Crippen LogP) is 12.9. The van der Waals surface area contributed by atoms with Crippen LogP contribution in [0.25, 0.3) is 41.1 Å². The number of fused-ring (bicyclic) bond motifs is 8. The molecule has 0 spiro atoms. The van der Waals surface area contributed by atoms with Gasteiger partial charge in [-0.25, -0.2) is 0 Å². The topological polar surface area (TPSA) is 24.9 Å². The van der Waals surface area contributed by atoms with Crippen molar-refractivity contribution in [3.05, 3.63) is 163 Å². The van der Waals surface area contributed by atoms with Crippen LogP contribution >= 0.6 is 22.7 Å². The predicted molar refractivity (Wildman–Crippen MR) is 252 cm³/mol. The van der Waals surface area contributed by atoms with E-state index in [1.54, 1.807) is 0 Å². The molecule has 0 unspecified atom stereocenters. The third-order valence-corrected chi connectivity index (χ3v) is 14.6. The van der Waals surface area contributed by atoms with Crippen molar-refractivity contribution < 1.29 is 9.47 Å². The Morgan fingerprint density at radius 2 is 1.22 bits per heavy atom. The largest absolute Gasteiger partial charge is 0.454 e. The summed E-state index contributed by atoms with van der Waals surface area (Å²) in [6.07, 6.45) is 0. The fourth-order valence-electron chi connectivity index (χ4n) is 9.43. The quantitative estimate of drug-likeness (QED) is 0.166. The van der Waals surface area contributed by atoms with Crippen molar-refractivity contribution in [3.8, 4) is 32.4 Å². The summed E-state index contributed by atoms with van der Waals surface area (Å²) in [5.74, 6) is 1.59. The van der Waals surface area contributed by atoms with E-state index in [-0.39, 0.29) is 18.9 Å². The van der Waals surface area contributed by atoms with E-state index >= 15 is 0 Å². The zero-order valence-corrected chi connectivity index (χ0v) is 34.9. The molecule has 59 heavy (non-hydrogen) atoms. The zero-order chi connectivity index (χ0) is 39.6. The molecule has 3 aliphatic heterocycles. The zero-order valence-electron chi connectivity index (χ0n) is 33.2. The lowest BCUT2D eigenvalue weighted by atomic mass is 9.33. The molecule has 4 nitrogen and oxygen atoms in total. The van der Waals surface area contributed by atoms with E-state index in [2.05, 4.69) is 189 Å². The third kappa shape index (κ3) is 5.41. The van der Waals surface area contributed by atoms with E-state index in [0.29, 0.717) is 0 Å². The first-order valence-corrected chi connectivity index (χ1v) is 21.9. The first-order valence-electron chi connectivity index (χ1n) is 20.3. The molecule has 0 bridgehead atoms.